The lowest BCUT2D eigenvalue weighted by Gasteiger charge is -2.10. The third-order valence-corrected chi connectivity index (χ3v) is 2.96. The van der Waals surface area contributed by atoms with Crippen LogP contribution in [0.3, 0.4) is 0 Å². The second kappa shape index (κ2) is 6.55. The van der Waals surface area contributed by atoms with Gasteiger partial charge < -0.3 is 15.2 Å². The minimum absolute atomic E-state index is 0.0340. The molecule has 0 aliphatic heterocycles. The number of nitrogens with two attached hydrogens (primary N) is 1. The fourth-order valence-corrected chi connectivity index (χ4v) is 2.00. The molecule has 6 nitrogen and oxygen atoms in total. The standard InChI is InChI=1S/C10H16N2O4S/c11-17(14,15)10-4-2-1-3-9(10)12-5-7-16-8-6-13/h1-4,12-13H,5-8H2,(H2,11,14,15). The van der Waals surface area contributed by atoms with E-state index in [0.29, 0.717) is 18.8 Å². The minimum atomic E-state index is -3.72. The molecule has 1 aromatic rings. The molecule has 0 heterocycles. The van der Waals surface area contributed by atoms with Crippen LogP contribution < -0.4 is 10.5 Å². The third kappa shape index (κ3) is 4.70. The average molecular weight is 260 g/mol. The molecule has 4 N–H and O–H groups in total. The van der Waals surface area contributed by atoms with Gasteiger partial charge in [0.15, 0.2) is 0 Å². The highest BCUT2D eigenvalue weighted by Crippen LogP contribution is 2.18. The lowest BCUT2D eigenvalue weighted by molar-refractivity contribution is 0.0992. The van der Waals surface area contributed by atoms with Crippen LogP contribution in [0.15, 0.2) is 29.2 Å². The van der Waals surface area contributed by atoms with E-state index < -0.39 is 10.0 Å². The van der Waals surface area contributed by atoms with Crippen LogP contribution in [-0.4, -0.2) is 39.9 Å². The Balaban J connectivity index is 2.59. The van der Waals surface area contributed by atoms with Crippen molar-refractivity contribution in [2.24, 2.45) is 5.14 Å². The summed E-state index contributed by atoms with van der Waals surface area (Å²) in [7, 11) is -3.72. The molecule has 0 unspecified atom stereocenters. The topological polar surface area (TPSA) is 102 Å². The van der Waals surface area contributed by atoms with Gasteiger partial charge in [0, 0.05) is 6.54 Å². The Hall–Kier alpha value is -1.15. The number of aliphatic hydroxyl groups excluding tert-OH is 1. The van der Waals surface area contributed by atoms with Gasteiger partial charge in [-0.2, -0.15) is 0 Å². The van der Waals surface area contributed by atoms with Crippen LogP contribution in [0.5, 0.6) is 0 Å². The smallest absolute Gasteiger partial charge is 0.240 e. The summed E-state index contributed by atoms with van der Waals surface area (Å²) in [6.07, 6.45) is 0. The van der Waals surface area contributed by atoms with Gasteiger partial charge in [-0.15, -0.1) is 0 Å². The van der Waals surface area contributed by atoms with Crippen LogP contribution in [0.25, 0.3) is 0 Å². The van der Waals surface area contributed by atoms with E-state index in [9.17, 15) is 8.42 Å². The molecule has 0 aliphatic carbocycles. The van der Waals surface area contributed by atoms with E-state index in [2.05, 4.69) is 5.32 Å². The molecular weight excluding hydrogens is 244 g/mol. The van der Waals surface area contributed by atoms with Gasteiger partial charge in [-0.05, 0) is 12.1 Å². The molecule has 0 spiro atoms. The number of hydrogen-bond acceptors (Lipinski definition) is 5. The maximum absolute atomic E-state index is 11.3. The van der Waals surface area contributed by atoms with Crippen molar-refractivity contribution < 1.29 is 18.3 Å². The monoisotopic (exact) mass is 260 g/mol. The van der Waals surface area contributed by atoms with Crippen LogP contribution in [0.4, 0.5) is 5.69 Å². The van der Waals surface area contributed by atoms with Crippen molar-refractivity contribution in [2.75, 3.05) is 31.7 Å². The number of hydrogen-bond donors (Lipinski definition) is 3. The molecule has 17 heavy (non-hydrogen) atoms. The largest absolute Gasteiger partial charge is 0.394 e. The number of primary sulfonamides is 1. The molecule has 0 amide bonds. The normalized spacial score (nSPS) is 11.4. The van der Waals surface area contributed by atoms with E-state index in [1.807, 2.05) is 0 Å². The van der Waals surface area contributed by atoms with E-state index >= 15 is 0 Å². The molecule has 0 fully saturated rings. The number of para-hydroxylation sites is 1. The Morgan fingerprint density at radius 1 is 1.29 bits per heavy atom. The summed E-state index contributed by atoms with van der Waals surface area (Å²) >= 11 is 0. The number of ether oxygens (including phenoxy) is 1. The first-order valence-corrected chi connectivity index (χ1v) is 6.64. The van der Waals surface area contributed by atoms with Crippen molar-refractivity contribution in [3.05, 3.63) is 24.3 Å². The predicted octanol–water partition coefficient (Wildman–Crippen LogP) is -0.245. The van der Waals surface area contributed by atoms with Gasteiger partial charge in [-0.25, -0.2) is 13.6 Å². The highest BCUT2D eigenvalue weighted by atomic mass is 32.2. The van der Waals surface area contributed by atoms with Gasteiger partial charge in [0.2, 0.25) is 10.0 Å². The van der Waals surface area contributed by atoms with Crippen molar-refractivity contribution in [1.82, 2.24) is 0 Å². The molecule has 1 aromatic carbocycles. The molecule has 0 radical (unpaired) electrons. The van der Waals surface area contributed by atoms with E-state index in [1.165, 1.54) is 6.07 Å². The van der Waals surface area contributed by atoms with Crippen LogP contribution in [0, 0.1) is 0 Å². The highest BCUT2D eigenvalue weighted by molar-refractivity contribution is 7.89. The van der Waals surface area contributed by atoms with Crippen LogP contribution >= 0.6 is 0 Å². The highest BCUT2D eigenvalue weighted by Gasteiger charge is 2.12. The molecule has 1 rings (SSSR count). The Labute approximate surface area is 100 Å². The maximum Gasteiger partial charge on any atom is 0.240 e. The molecule has 0 saturated carbocycles. The quantitative estimate of drug-likeness (QED) is 0.587. The molecule has 96 valence electrons. The molecule has 0 atom stereocenters. The zero-order valence-electron chi connectivity index (χ0n) is 9.30. The predicted molar refractivity (Wildman–Crippen MR) is 64.2 cm³/mol. The first-order chi connectivity index (χ1) is 8.05. The first-order valence-electron chi connectivity index (χ1n) is 5.10. The summed E-state index contributed by atoms with van der Waals surface area (Å²) < 4.78 is 27.6. The van der Waals surface area contributed by atoms with Crippen molar-refractivity contribution in [3.63, 3.8) is 0 Å². The number of benzene rings is 1. The maximum atomic E-state index is 11.3. The number of aliphatic hydroxyl groups is 1. The van der Waals surface area contributed by atoms with Crippen molar-refractivity contribution in [2.45, 2.75) is 4.90 Å². The van der Waals surface area contributed by atoms with Gasteiger partial charge in [0.05, 0.1) is 25.5 Å². The summed E-state index contributed by atoms with van der Waals surface area (Å²) in [5.74, 6) is 0. The molecule has 0 saturated heterocycles. The zero-order valence-corrected chi connectivity index (χ0v) is 10.1. The minimum Gasteiger partial charge on any atom is -0.394 e. The Morgan fingerprint density at radius 3 is 2.65 bits per heavy atom. The Morgan fingerprint density at radius 2 is 2.00 bits per heavy atom. The second-order valence-corrected chi connectivity index (χ2v) is 4.83. The lowest BCUT2D eigenvalue weighted by atomic mass is 10.3. The first kappa shape index (κ1) is 13.9. The third-order valence-electron chi connectivity index (χ3n) is 1.99. The van der Waals surface area contributed by atoms with Crippen molar-refractivity contribution in [3.8, 4) is 0 Å². The van der Waals surface area contributed by atoms with Crippen LogP contribution in [-0.2, 0) is 14.8 Å². The van der Waals surface area contributed by atoms with Gasteiger partial charge in [-0.3, -0.25) is 0 Å². The SMILES string of the molecule is NS(=O)(=O)c1ccccc1NCCOCCO. The van der Waals surface area contributed by atoms with Crippen LogP contribution in [0.2, 0.25) is 0 Å². The zero-order chi connectivity index (χ0) is 12.7. The van der Waals surface area contributed by atoms with Crippen LogP contribution in [0.1, 0.15) is 0 Å². The molecule has 0 aliphatic rings. The number of sulfonamides is 1. The van der Waals surface area contributed by atoms with Gasteiger partial charge in [0.25, 0.3) is 0 Å². The van der Waals surface area contributed by atoms with E-state index in [1.54, 1.807) is 18.2 Å². The Kier molecular flexibility index (Phi) is 5.36. The number of nitrogens with one attached hydrogen (secondary N) is 1. The summed E-state index contributed by atoms with van der Waals surface area (Å²) in [6, 6.07) is 6.39. The average Bonchev–Trinajstić information content (AvgIpc) is 2.28. The van der Waals surface area contributed by atoms with E-state index in [0.717, 1.165) is 0 Å². The van der Waals surface area contributed by atoms with E-state index in [-0.39, 0.29) is 18.1 Å². The molecular formula is C10H16N2O4S. The van der Waals surface area contributed by atoms with Gasteiger partial charge in [0.1, 0.15) is 4.90 Å². The number of rotatable bonds is 7. The fourth-order valence-electron chi connectivity index (χ4n) is 1.29. The molecule has 0 bridgehead atoms. The summed E-state index contributed by atoms with van der Waals surface area (Å²) in [4.78, 5) is 0.0576. The number of anilines is 1. The fraction of sp³-hybridized carbons (Fsp3) is 0.400. The van der Waals surface area contributed by atoms with E-state index in [4.69, 9.17) is 15.0 Å². The Bertz CT molecular complexity index is 447. The molecule has 0 aromatic heterocycles. The summed E-state index contributed by atoms with van der Waals surface area (Å²) in [6.45, 7) is 1.04. The molecule has 7 heteroatoms. The van der Waals surface area contributed by atoms with Crippen molar-refractivity contribution >= 4 is 15.7 Å². The van der Waals surface area contributed by atoms with Crippen molar-refractivity contribution in [1.29, 1.82) is 0 Å². The van der Waals surface area contributed by atoms with Gasteiger partial charge >= 0.3 is 0 Å². The lowest BCUT2D eigenvalue weighted by Crippen LogP contribution is -2.17. The van der Waals surface area contributed by atoms with Gasteiger partial charge in [-0.1, -0.05) is 12.1 Å². The summed E-state index contributed by atoms with van der Waals surface area (Å²) in [5, 5.41) is 16.5. The summed E-state index contributed by atoms with van der Waals surface area (Å²) in [5.41, 5.74) is 0.447. The second-order valence-electron chi connectivity index (χ2n) is 3.30.